The number of aliphatic carboxylic acids is 1. The molecule has 4 nitrogen and oxygen atoms in total. The molecule has 0 aromatic carbocycles. The van der Waals surface area contributed by atoms with E-state index in [9.17, 15) is 9.59 Å². The molecule has 0 radical (unpaired) electrons. The number of nitrogens with one attached hydrogen (secondary N) is 1. The zero-order valence-electron chi connectivity index (χ0n) is 10.9. The zero-order valence-corrected chi connectivity index (χ0v) is 12.5. The third-order valence-corrected chi connectivity index (χ3v) is 5.51. The molecule has 0 aromatic heterocycles. The fraction of sp³-hybridized carbons (Fsp3) is 0.833. The summed E-state index contributed by atoms with van der Waals surface area (Å²) >= 11 is 0. The lowest BCUT2D eigenvalue weighted by molar-refractivity contribution is -0.137. The second-order valence-corrected chi connectivity index (χ2v) is 7.82. The number of carbonyl (C=O) groups is 2. The Kier molecular flexibility index (Phi) is 6.35. The molecule has 1 rings (SSSR count). The van der Waals surface area contributed by atoms with Crippen LogP contribution in [-0.4, -0.2) is 35.0 Å². The average molecular weight is 291 g/mol. The fourth-order valence-corrected chi connectivity index (χ4v) is 4.22. The highest BCUT2D eigenvalue weighted by atomic mass is 33.1. The van der Waals surface area contributed by atoms with E-state index in [2.05, 4.69) is 12.2 Å². The predicted octanol–water partition coefficient (Wildman–Crippen LogP) is 2.39. The zero-order chi connectivity index (χ0) is 13.6. The molecule has 0 unspecified atom stereocenters. The quantitative estimate of drug-likeness (QED) is 0.531. The number of hydrogen-bond donors (Lipinski definition) is 2. The van der Waals surface area contributed by atoms with Gasteiger partial charge in [-0.1, -0.05) is 35.4 Å². The highest BCUT2D eigenvalue weighted by Crippen LogP contribution is 2.44. The van der Waals surface area contributed by atoms with Gasteiger partial charge in [0, 0.05) is 23.5 Å². The third-order valence-electron chi connectivity index (χ3n) is 3.10. The van der Waals surface area contributed by atoms with Crippen molar-refractivity contribution in [3.8, 4) is 0 Å². The van der Waals surface area contributed by atoms with Gasteiger partial charge < -0.3 is 10.4 Å². The van der Waals surface area contributed by atoms with Crippen molar-refractivity contribution in [2.75, 3.05) is 18.1 Å². The van der Waals surface area contributed by atoms with E-state index in [1.165, 1.54) is 0 Å². The van der Waals surface area contributed by atoms with Crippen LogP contribution in [0.15, 0.2) is 0 Å². The number of carboxylic acids is 1. The maximum Gasteiger partial charge on any atom is 0.304 e. The molecule has 0 aromatic rings. The molecule has 1 aliphatic carbocycles. The number of carboxylic acid groups (broad SMARTS) is 1. The molecule has 0 atom stereocenters. The van der Waals surface area contributed by atoms with Gasteiger partial charge in [-0.2, -0.15) is 0 Å². The lowest BCUT2D eigenvalue weighted by atomic mass is 9.63. The average Bonchev–Trinajstić information content (AvgIpc) is 2.25. The summed E-state index contributed by atoms with van der Waals surface area (Å²) in [5, 5.41) is 11.4. The van der Waals surface area contributed by atoms with E-state index in [4.69, 9.17) is 5.11 Å². The van der Waals surface area contributed by atoms with Crippen LogP contribution in [0.5, 0.6) is 0 Å². The van der Waals surface area contributed by atoms with Crippen LogP contribution in [0.25, 0.3) is 0 Å². The Labute approximate surface area is 116 Å². The van der Waals surface area contributed by atoms with Crippen molar-refractivity contribution in [3.63, 3.8) is 0 Å². The van der Waals surface area contributed by atoms with Crippen molar-refractivity contribution in [3.05, 3.63) is 0 Å². The van der Waals surface area contributed by atoms with Crippen molar-refractivity contribution in [1.82, 2.24) is 5.32 Å². The Hall–Kier alpha value is -0.360. The number of hydrogen-bond acceptors (Lipinski definition) is 4. The van der Waals surface area contributed by atoms with Crippen LogP contribution >= 0.6 is 21.6 Å². The Morgan fingerprint density at radius 1 is 1.33 bits per heavy atom. The summed E-state index contributed by atoms with van der Waals surface area (Å²) in [6, 6.07) is 0. The summed E-state index contributed by atoms with van der Waals surface area (Å²) in [7, 11) is 3.16. The van der Waals surface area contributed by atoms with Crippen molar-refractivity contribution >= 4 is 33.5 Å². The summed E-state index contributed by atoms with van der Waals surface area (Å²) in [5.74, 6) is 1.51. The summed E-state index contributed by atoms with van der Waals surface area (Å²) in [4.78, 5) is 22.1. The van der Waals surface area contributed by atoms with Crippen LogP contribution in [0.1, 0.15) is 33.1 Å². The first-order chi connectivity index (χ1) is 8.44. The molecule has 6 heteroatoms. The summed E-state index contributed by atoms with van der Waals surface area (Å²) in [5.41, 5.74) is -0.152. The number of amides is 1. The molecular formula is C12H21NO3S2. The molecule has 1 amide bonds. The Balaban J connectivity index is 1.98. The summed E-state index contributed by atoms with van der Waals surface area (Å²) < 4.78 is 0. The lowest BCUT2D eigenvalue weighted by Crippen LogP contribution is -2.47. The van der Waals surface area contributed by atoms with E-state index >= 15 is 0 Å². The van der Waals surface area contributed by atoms with Gasteiger partial charge in [0.2, 0.25) is 5.91 Å². The minimum Gasteiger partial charge on any atom is -0.481 e. The monoisotopic (exact) mass is 291 g/mol. The smallest absolute Gasteiger partial charge is 0.304 e. The standard InChI is InChI=1S/C12H21NO3S2/c1-9-7-12(2,8-9)11(16)13-4-6-18-17-5-3-10(14)15/h9H,3-8H2,1-2H3,(H,13,16)(H,14,15). The Morgan fingerprint density at radius 2 is 1.94 bits per heavy atom. The predicted molar refractivity (Wildman–Crippen MR) is 76.7 cm³/mol. The molecule has 1 aliphatic rings. The van der Waals surface area contributed by atoms with Crippen LogP contribution in [0.4, 0.5) is 0 Å². The van der Waals surface area contributed by atoms with Gasteiger partial charge in [-0.15, -0.1) is 0 Å². The molecule has 1 fully saturated rings. The van der Waals surface area contributed by atoms with Crippen LogP contribution in [-0.2, 0) is 9.59 Å². The van der Waals surface area contributed by atoms with E-state index in [1.807, 2.05) is 6.92 Å². The van der Waals surface area contributed by atoms with Gasteiger partial charge in [-0.05, 0) is 18.8 Å². The van der Waals surface area contributed by atoms with Crippen LogP contribution in [0.3, 0.4) is 0 Å². The van der Waals surface area contributed by atoms with E-state index in [0.717, 1.165) is 18.6 Å². The van der Waals surface area contributed by atoms with Crippen LogP contribution in [0.2, 0.25) is 0 Å². The first kappa shape index (κ1) is 15.7. The SMILES string of the molecule is CC1CC(C)(C(=O)NCCSSCCC(=O)O)C1. The molecule has 0 saturated heterocycles. The summed E-state index contributed by atoms with van der Waals surface area (Å²) in [6.45, 7) is 4.86. The normalized spacial score (nSPS) is 26.4. The van der Waals surface area contributed by atoms with Crippen molar-refractivity contribution < 1.29 is 14.7 Å². The lowest BCUT2D eigenvalue weighted by Gasteiger charge is -2.42. The van der Waals surface area contributed by atoms with E-state index in [-0.39, 0.29) is 17.7 Å². The van der Waals surface area contributed by atoms with Gasteiger partial charge in [-0.3, -0.25) is 9.59 Å². The first-order valence-electron chi connectivity index (χ1n) is 6.18. The summed E-state index contributed by atoms with van der Waals surface area (Å²) in [6.07, 6.45) is 2.17. The van der Waals surface area contributed by atoms with Crippen molar-refractivity contribution in [2.45, 2.75) is 33.1 Å². The second kappa shape index (κ2) is 7.28. The van der Waals surface area contributed by atoms with Gasteiger partial charge in [0.15, 0.2) is 0 Å². The van der Waals surface area contributed by atoms with Crippen LogP contribution < -0.4 is 5.32 Å². The van der Waals surface area contributed by atoms with Gasteiger partial charge in [0.05, 0.1) is 6.42 Å². The Morgan fingerprint density at radius 3 is 2.50 bits per heavy atom. The number of carbonyl (C=O) groups excluding carboxylic acids is 1. The maximum atomic E-state index is 11.9. The number of rotatable bonds is 8. The van der Waals surface area contributed by atoms with Crippen molar-refractivity contribution in [2.24, 2.45) is 11.3 Å². The highest BCUT2D eigenvalue weighted by Gasteiger charge is 2.43. The molecule has 0 bridgehead atoms. The van der Waals surface area contributed by atoms with Gasteiger partial charge in [-0.25, -0.2) is 0 Å². The molecule has 2 N–H and O–H groups in total. The molecule has 1 saturated carbocycles. The minimum absolute atomic E-state index is 0.152. The third kappa shape index (κ3) is 5.10. The second-order valence-electron chi connectivity index (χ2n) is 5.12. The molecule has 18 heavy (non-hydrogen) atoms. The molecule has 104 valence electrons. The fourth-order valence-electron chi connectivity index (χ4n) is 2.33. The van der Waals surface area contributed by atoms with E-state index < -0.39 is 5.97 Å². The van der Waals surface area contributed by atoms with Crippen molar-refractivity contribution in [1.29, 1.82) is 0 Å². The highest BCUT2D eigenvalue weighted by molar-refractivity contribution is 8.76. The molecular weight excluding hydrogens is 270 g/mol. The van der Waals surface area contributed by atoms with E-state index in [0.29, 0.717) is 18.2 Å². The topological polar surface area (TPSA) is 66.4 Å². The molecule has 0 heterocycles. The molecule has 0 aliphatic heterocycles. The van der Waals surface area contributed by atoms with Crippen LogP contribution in [0, 0.1) is 11.3 Å². The minimum atomic E-state index is -0.761. The Bertz CT molecular complexity index is 304. The van der Waals surface area contributed by atoms with Gasteiger partial charge in [0.25, 0.3) is 0 Å². The first-order valence-corrected chi connectivity index (χ1v) is 8.67. The largest absolute Gasteiger partial charge is 0.481 e. The molecule has 0 spiro atoms. The van der Waals surface area contributed by atoms with E-state index in [1.54, 1.807) is 21.6 Å². The van der Waals surface area contributed by atoms with Gasteiger partial charge in [0.1, 0.15) is 0 Å². The van der Waals surface area contributed by atoms with Gasteiger partial charge >= 0.3 is 5.97 Å². The maximum absolute atomic E-state index is 11.9.